The summed E-state index contributed by atoms with van der Waals surface area (Å²) in [5, 5.41) is 19.7. The van der Waals surface area contributed by atoms with Gasteiger partial charge in [-0.05, 0) is 13.0 Å². The van der Waals surface area contributed by atoms with E-state index in [9.17, 15) is 19.3 Å². The number of hydrogen-bond acceptors (Lipinski definition) is 5. The summed E-state index contributed by atoms with van der Waals surface area (Å²) in [6.07, 6.45) is 1.52. The molecule has 0 saturated heterocycles. The Hall–Kier alpha value is -2.97. The summed E-state index contributed by atoms with van der Waals surface area (Å²) in [6, 6.07) is 1.76. The molecule has 0 aliphatic rings. The van der Waals surface area contributed by atoms with Crippen molar-refractivity contribution in [3.05, 3.63) is 51.1 Å². The molecule has 8 nitrogen and oxygen atoms in total. The van der Waals surface area contributed by atoms with Crippen molar-refractivity contribution in [2.45, 2.75) is 13.5 Å². The molecule has 1 amide bonds. The van der Waals surface area contributed by atoms with Gasteiger partial charge in [0.25, 0.3) is 11.6 Å². The normalized spacial score (nSPS) is 10.4. The van der Waals surface area contributed by atoms with Gasteiger partial charge in [0.2, 0.25) is 0 Å². The third-order valence-corrected chi connectivity index (χ3v) is 2.97. The Morgan fingerprint density at radius 1 is 1.57 bits per heavy atom. The predicted octanol–water partition coefficient (Wildman–Crippen LogP) is 1.28. The molecule has 0 aliphatic carbocycles. The second-order valence-corrected chi connectivity index (χ2v) is 4.32. The monoisotopic (exact) mass is 293 g/mol. The summed E-state index contributed by atoms with van der Waals surface area (Å²) in [5.41, 5.74) is 5.42. The maximum Gasteiger partial charge on any atom is 0.293 e. The SMILES string of the molecule is Cc1[nH]ncc1CNC(=O)c1c(F)ccc([N+](=O)[O-])c1N. The largest absolute Gasteiger partial charge is 0.392 e. The molecule has 2 aromatic rings. The van der Waals surface area contributed by atoms with Crippen molar-refractivity contribution >= 4 is 17.3 Å². The molecule has 9 heteroatoms. The van der Waals surface area contributed by atoms with Crippen molar-refractivity contribution < 1.29 is 14.1 Å². The highest BCUT2D eigenvalue weighted by atomic mass is 19.1. The molecule has 21 heavy (non-hydrogen) atoms. The Balaban J connectivity index is 2.25. The number of nitrogens with one attached hydrogen (secondary N) is 2. The second kappa shape index (κ2) is 5.57. The first-order valence-electron chi connectivity index (χ1n) is 5.91. The molecule has 0 spiro atoms. The lowest BCUT2D eigenvalue weighted by Gasteiger charge is -2.08. The highest BCUT2D eigenvalue weighted by Crippen LogP contribution is 2.27. The van der Waals surface area contributed by atoms with Crippen LogP contribution in [0.15, 0.2) is 18.3 Å². The van der Waals surface area contributed by atoms with Crippen molar-refractivity contribution in [3.63, 3.8) is 0 Å². The van der Waals surface area contributed by atoms with Crippen LogP contribution < -0.4 is 11.1 Å². The average molecular weight is 293 g/mol. The molecule has 0 bridgehead atoms. The first-order valence-corrected chi connectivity index (χ1v) is 5.91. The summed E-state index contributed by atoms with van der Waals surface area (Å²) in [5.74, 6) is -1.74. The number of amides is 1. The minimum Gasteiger partial charge on any atom is -0.392 e. The molecular formula is C12H12FN5O3. The maximum atomic E-state index is 13.7. The van der Waals surface area contributed by atoms with E-state index in [1.807, 2.05) is 0 Å². The number of H-pyrrole nitrogens is 1. The lowest BCUT2D eigenvalue weighted by molar-refractivity contribution is -0.384. The van der Waals surface area contributed by atoms with E-state index in [2.05, 4.69) is 15.5 Å². The van der Waals surface area contributed by atoms with Gasteiger partial charge < -0.3 is 11.1 Å². The number of aromatic amines is 1. The maximum absolute atomic E-state index is 13.7. The molecule has 0 unspecified atom stereocenters. The number of nitro benzene ring substituents is 1. The van der Waals surface area contributed by atoms with E-state index in [-0.39, 0.29) is 6.54 Å². The van der Waals surface area contributed by atoms with Crippen LogP contribution in [0, 0.1) is 22.9 Å². The molecule has 0 aliphatic heterocycles. The van der Waals surface area contributed by atoms with E-state index < -0.39 is 33.6 Å². The summed E-state index contributed by atoms with van der Waals surface area (Å²) < 4.78 is 13.7. The fourth-order valence-electron chi connectivity index (χ4n) is 1.79. The summed E-state index contributed by atoms with van der Waals surface area (Å²) in [7, 11) is 0. The average Bonchev–Trinajstić information content (AvgIpc) is 2.81. The molecule has 2 rings (SSSR count). The molecular weight excluding hydrogens is 281 g/mol. The fourth-order valence-corrected chi connectivity index (χ4v) is 1.79. The van der Waals surface area contributed by atoms with E-state index in [4.69, 9.17) is 5.73 Å². The van der Waals surface area contributed by atoms with Crippen molar-refractivity contribution in [3.8, 4) is 0 Å². The third kappa shape index (κ3) is 2.81. The van der Waals surface area contributed by atoms with Crippen LogP contribution in [-0.4, -0.2) is 21.0 Å². The molecule has 0 saturated carbocycles. The molecule has 110 valence electrons. The molecule has 1 aromatic heterocycles. The van der Waals surface area contributed by atoms with E-state index in [1.165, 1.54) is 6.20 Å². The zero-order valence-electron chi connectivity index (χ0n) is 11.0. The third-order valence-electron chi connectivity index (χ3n) is 2.97. The zero-order valence-corrected chi connectivity index (χ0v) is 11.0. The number of nitro groups is 1. The van der Waals surface area contributed by atoms with Gasteiger partial charge in [0.15, 0.2) is 0 Å². The van der Waals surface area contributed by atoms with Crippen LogP contribution in [0.1, 0.15) is 21.6 Å². The van der Waals surface area contributed by atoms with Gasteiger partial charge in [-0.15, -0.1) is 0 Å². The van der Waals surface area contributed by atoms with Crippen LogP contribution in [0.5, 0.6) is 0 Å². The molecule has 1 aromatic carbocycles. The Bertz CT molecular complexity index is 713. The smallest absolute Gasteiger partial charge is 0.293 e. The van der Waals surface area contributed by atoms with Gasteiger partial charge >= 0.3 is 0 Å². The standard InChI is InChI=1S/C12H12FN5O3/c1-6-7(5-16-17-6)4-15-12(19)10-8(13)2-3-9(11(10)14)18(20)21/h2-3,5H,4,14H2,1H3,(H,15,19)(H,16,17). The van der Waals surface area contributed by atoms with Crippen molar-refractivity contribution in [2.24, 2.45) is 0 Å². The van der Waals surface area contributed by atoms with Gasteiger partial charge in [0, 0.05) is 23.9 Å². The van der Waals surface area contributed by atoms with Gasteiger partial charge in [-0.3, -0.25) is 20.0 Å². The summed E-state index contributed by atoms with van der Waals surface area (Å²) in [6.45, 7) is 1.86. The Labute approximate surface area is 118 Å². The number of carbonyl (C=O) groups excluding carboxylic acids is 1. The lowest BCUT2D eigenvalue weighted by atomic mass is 10.1. The minimum absolute atomic E-state index is 0.0999. The zero-order chi connectivity index (χ0) is 15.6. The predicted molar refractivity (Wildman–Crippen MR) is 72.0 cm³/mol. The number of nitrogens with two attached hydrogens (primary N) is 1. The van der Waals surface area contributed by atoms with Gasteiger partial charge in [0.1, 0.15) is 17.1 Å². The van der Waals surface area contributed by atoms with Crippen LogP contribution in [-0.2, 0) is 6.54 Å². The van der Waals surface area contributed by atoms with Gasteiger partial charge in [0.05, 0.1) is 11.1 Å². The van der Waals surface area contributed by atoms with E-state index in [1.54, 1.807) is 6.92 Å². The number of rotatable bonds is 4. The van der Waals surface area contributed by atoms with E-state index in [0.717, 1.165) is 17.8 Å². The number of nitrogen functional groups attached to an aromatic ring is 1. The van der Waals surface area contributed by atoms with Crippen LogP contribution in [0.2, 0.25) is 0 Å². The van der Waals surface area contributed by atoms with Crippen LogP contribution in [0.4, 0.5) is 15.8 Å². The lowest BCUT2D eigenvalue weighted by Crippen LogP contribution is -2.25. The number of aromatic nitrogens is 2. The highest BCUT2D eigenvalue weighted by Gasteiger charge is 2.23. The number of carbonyl (C=O) groups is 1. The van der Waals surface area contributed by atoms with Crippen molar-refractivity contribution in [1.82, 2.24) is 15.5 Å². The van der Waals surface area contributed by atoms with Crippen molar-refractivity contribution in [1.29, 1.82) is 0 Å². The molecule has 0 radical (unpaired) electrons. The van der Waals surface area contributed by atoms with Crippen LogP contribution in [0.3, 0.4) is 0 Å². The minimum atomic E-state index is -0.917. The Morgan fingerprint density at radius 3 is 2.86 bits per heavy atom. The Kier molecular flexibility index (Phi) is 3.83. The summed E-state index contributed by atoms with van der Waals surface area (Å²) >= 11 is 0. The van der Waals surface area contributed by atoms with Gasteiger partial charge in [-0.1, -0.05) is 0 Å². The topological polar surface area (TPSA) is 127 Å². The van der Waals surface area contributed by atoms with E-state index in [0.29, 0.717) is 5.56 Å². The van der Waals surface area contributed by atoms with E-state index >= 15 is 0 Å². The number of aryl methyl sites for hydroxylation is 1. The van der Waals surface area contributed by atoms with Crippen LogP contribution in [0.25, 0.3) is 0 Å². The molecule has 0 fully saturated rings. The number of nitrogens with zero attached hydrogens (tertiary/aromatic N) is 2. The molecule has 0 atom stereocenters. The van der Waals surface area contributed by atoms with Crippen LogP contribution >= 0.6 is 0 Å². The first kappa shape index (κ1) is 14.4. The first-order chi connectivity index (χ1) is 9.91. The fraction of sp³-hybridized carbons (Fsp3) is 0.167. The van der Waals surface area contributed by atoms with Gasteiger partial charge in [-0.2, -0.15) is 5.10 Å². The number of anilines is 1. The van der Waals surface area contributed by atoms with Crippen molar-refractivity contribution in [2.75, 3.05) is 5.73 Å². The molecule has 1 heterocycles. The quantitative estimate of drug-likeness (QED) is 0.444. The molecule has 4 N–H and O–H groups in total. The number of halogens is 1. The summed E-state index contributed by atoms with van der Waals surface area (Å²) in [4.78, 5) is 22.0. The van der Waals surface area contributed by atoms with Gasteiger partial charge in [-0.25, -0.2) is 4.39 Å². The highest BCUT2D eigenvalue weighted by molar-refractivity contribution is 6.01. The number of benzene rings is 1. The number of hydrogen-bond donors (Lipinski definition) is 3. The Morgan fingerprint density at radius 2 is 2.29 bits per heavy atom. The second-order valence-electron chi connectivity index (χ2n) is 4.32.